The summed E-state index contributed by atoms with van der Waals surface area (Å²) in [6, 6.07) is 0. The number of halogens is 7. The third kappa shape index (κ3) is 2.03. The van der Waals surface area contributed by atoms with E-state index in [1.807, 2.05) is 0 Å². The van der Waals surface area contributed by atoms with Crippen LogP contribution >= 0.6 is 81.4 Å². The van der Waals surface area contributed by atoms with Gasteiger partial charge in [0.1, 0.15) is 16.0 Å². The molecule has 0 spiro atoms. The summed E-state index contributed by atoms with van der Waals surface area (Å²) in [5, 5.41) is 1.08. The highest BCUT2D eigenvalue weighted by molar-refractivity contribution is 6.52. The first-order chi connectivity index (χ1) is 8.29. The molecule has 0 amide bonds. The Morgan fingerprint density at radius 3 is 1.44 bits per heavy atom. The molecule has 2 aromatic rings. The van der Waals surface area contributed by atoms with E-state index in [-0.39, 0.29) is 30.4 Å². The van der Waals surface area contributed by atoms with Crippen LogP contribution in [0.25, 0.3) is 11.4 Å². The second-order valence-electron chi connectivity index (χ2n) is 3.37. The van der Waals surface area contributed by atoms with Crippen LogP contribution in [0.5, 0.6) is 0 Å². The minimum Gasteiger partial charge on any atom is -0.331 e. The Labute approximate surface area is 138 Å². The Morgan fingerprint density at radius 2 is 1.11 bits per heavy atom. The van der Waals surface area contributed by atoms with Gasteiger partial charge in [0.15, 0.2) is 0 Å². The van der Waals surface area contributed by atoms with Gasteiger partial charge in [0.25, 0.3) is 0 Å². The Balaban J connectivity index is 2.86. The molecule has 0 aromatic carbocycles. The first-order valence-electron chi connectivity index (χ1n) is 4.39. The molecule has 0 unspecified atom stereocenters. The molecular weight excluding hydrogens is 384 g/mol. The standard InChI is InChI=1S/C9H3Cl7N2/c1-17-6(2(10)4(12)8(17)14)7-3(11)5(13)9(15)18(7)16/h1H3. The molecule has 2 heterocycles. The Morgan fingerprint density at radius 1 is 0.667 bits per heavy atom. The molecule has 0 aliphatic carbocycles. The molecule has 0 fully saturated rings. The predicted octanol–water partition coefficient (Wildman–Crippen LogP) is 6.42. The summed E-state index contributed by atoms with van der Waals surface area (Å²) >= 11 is 42.0. The van der Waals surface area contributed by atoms with Gasteiger partial charge in [0, 0.05) is 18.8 Å². The van der Waals surface area contributed by atoms with Crippen LogP contribution in [0.2, 0.25) is 30.4 Å². The van der Waals surface area contributed by atoms with Crippen molar-refractivity contribution in [2.45, 2.75) is 0 Å². The van der Waals surface area contributed by atoms with E-state index < -0.39 is 0 Å². The highest BCUT2D eigenvalue weighted by atomic mass is 35.5. The number of rotatable bonds is 1. The van der Waals surface area contributed by atoms with Crippen molar-refractivity contribution in [3.8, 4) is 11.4 Å². The van der Waals surface area contributed by atoms with Crippen LogP contribution in [0, 0.1) is 0 Å². The smallest absolute Gasteiger partial charge is 0.144 e. The van der Waals surface area contributed by atoms with Crippen LogP contribution in [-0.2, 0) is 7.05 Å². The van der Waals surface area contributed by atoms with Gasteiger partial charge >= 0.3 is 0 Å². The van der Waals surface area contributed by atoms with Crippen LogP contribution in [0.3, 0.4) is 0 Å². The molecule has 0 saturated carbocycles. The molecular formula is C9H3Cl7N2. The average Bonchev–Trinajstić information content (AvgIpc) is 2.64. The number of aromatic nitrogens is 2. The topological polar surface area (TPSA) is 9.86 Å². The van der Waals surface area contributed by atoms with Gasteiger partial charge < -0.3 is 4.57 Å². The zero-order chi connectivity index (χ0) is 13.8. The van der Waals surface area contributed by atoms with E-state index in [0.717, 1.165) is 4.09 Å². The first kappa shape index (κ1) is 15.0. The van der Waals surface area contributed by atoms with Crippen LogP contribution in [0.1, 0.15) is 0 Å². The zero-order valence-electron chi connectivity index (χ0n) is 8.54. The van der Waals surface area contributed by atoms with E-state index in [0.29, 0.717) is 11.4 Å². The fourth-order valence-electron chi connectivity index (χ4n) is 1.51. The van der Waals surface area contributed by atoms with Crippen molar-refractivity contribution < 1.29 is 0 Å². The molecule has 0 N–H and O–H groups in total. The normalized spacial score (nSPS) is 11.3. The fraction of sp³-hybridized carbons (Fsp3) is 0.111. The highest BCUT2D eigenvalue weighted by Crippen LogP contribution is 2.47. The molecule has 0 aliphatic heterocycles. The van der Waals surface area contributed by atoms with E-state index in [9.17, 15) is 0 Å². The maximum atomic E-state index is 6.11. The molecule has 0 bridgehead atoms. The van der Waals surface area contributed by atoms with Gasteiger partial charge in [-0.05, 0) is 0 Å². The first-order valence-corrected chi connectivity index (χ1v) is 7.00. The van der Waals surface area contributed by atoms with Crippen molar-refractivity contribution in [3.05, 3.63) is 30.4 Å². The molecule has 0 saturated heterocycles. The van der Waals surface area contributed by atoms with Gasteiger partial charge in [-0.1, -0.05) is 69.6 Å². The second kappa shape index (κ2) is 5.17. The lowest BCUT2D eigenvalue weighted by Crippen LogP contribution is -1.95. The van der Waals surface area contributed by atoms with Crippen molar-refractivity contribution >= 4 is 81.4 Å². The predicted molar refractivity (Wildman–Crippen MR) is 80.2 cm³/mol. The molecule has 2 nitrogen and oxygen atoms in total. The Kier molecular flexibility index (Phi) is 4.31. The van der Waals surface area contributed by atoms with Crippen LogP contribution in [0.4, 0.5) is 0 Å². The summed E-state index contributed by atoms with van der Waals surface area (Å²) in [5.74, 6) is 0. The van der Waals surface area contributed by atoms with E-state index in [2.05, 4.69) is 0 Å². The van der Waals surface area contributed by atoms with Gasteiger partial charge in [0.2, 0.25) is 0 Å². The third-order valence-electron chi connectivity index (χ3n) is 2.39. The maximum absolute atomic E-state index is 6.11. The van der Waals surface area contributed by atoms with Gasteiger partial charge in [-0.15, -0.1) is 0 Å². The largest absolute Gasteiger partial charge is 0.331 e. The minimum atomic E-state index is 0.0860. The number of nitrogens with zero attached hydrogens (tertiary/aromatic N) is 2. The lowest BCUT2D eigenvalue weighted by atomic mass is 10.3. The van der Waals surface area contributed by atoms with Crippen molar-refractivity contribution in [1.29, 1.82) is 0 Å². The average molecular weight is 387 g/mol. The summed E-state index contributed by atoms with van der Waals surface area (Å²) in [7, 11) is 1.66. The van der Waals surface area contributed by atoms with Gasteiger partial charge in [-0.3, -0.25) is 0 Å². The summed E-state index contributed by atoms with van der Waals surface area (Å²) in [6.45, 7) is 0. The van der Waals surface area contributed by atoms with Crippen molar-refractivity contribution in [2.75, 3.05) is 0 Å². The third-order valence-corrected chi connectivity index (χ3v) is 5.47. The Hall–Kier alpha value is 0.590. The molecule has 2 aromatic heterocycles. The molecule has 9 heteroatoms. The summed E-state index contributed by atoms with van der Waals surface area (Å²) in [5.41, 5.74) is 0.759. The molecule has 0 radical (unpaired) electrons. The van der Waals surface area contributed by atoms with Gasteiger partial charge in [-0.25, -0.2) is 4.09 Å². The summed E-state index contributed by atoms with van der Waals surface area (Å²) in [4.78, 5) is 0. The minimum absolute atomic E-state index is 0.0860. The molecule has 98 valence electrons. The monoisotopic (exact) mass is 384 g/mol. The zero-order valence-corrected chi connectivity index (χ0v) is 13.8. The Bertz CT molecular complexity index is 533. The lowest BCUT2D eigenvalue weighted by Gasteiger charge is -2.06. The van der Waals surface area contributed by atoms with Crippen molar-refractivity contribution in [3.63, 3.8) is 0 Å². The summed E-state index contributed by atoms with van der Waals surface area (Å²) < 4.78 is 2.64. The number of hydrogen-bond acceptors (Lipinski definition) is 0. The van der Waals surface area contributed by atoms with Crippen molar-refractivity contribution in [1.82, 2.24) is 8.65 Å². The second-order valence-corrected chi connectivity index (χ2v) is 5.94. The van der Waals surface area contributed by atoms with Crippen LogP contribution in [0.15, 0.2) is 0 Å². The number of hydrogen-bond donors (Lipinski definition) is 0. The summed E-state index contributed by atoms with van der Waals surface area (Å²) in [6.07, 6.45) is 0. The van der Waals surface area contributed by atoms with Crippen LogP contribution < -0.4 is 0 Å². The highest BCUT2D eigenvalue weighted by Gasteiger charge is 2.27. The van der Waals surface area contributed by atoms with E-state index >= 15 is 0 Å². The van der Waals surface area contributed by atoms with E-state index in [1.165, 1.54) is 0 Å². The molecule has 18 heavy (non-hydrogen) atoms. The van der Waals surface area contributed by atoms with Gasteiger partial charge in [0.05, 0.1) is 25.8 Å². The lowest BCUT2D eigenvalue weighted by molar-refractivity contribution is 0.930. The van der Waals surface area contributed by atoms with E-state index in [4.69, 9.17) is 81.4 Å². The van der Waals surface area contributed by atoms with Crippen LogP contribution in [-0.4, -0.2) is 8.65 Å². The SMILES string of the molecule is Cn1c(Cl)c(Cl)c(Cl)c1-c1c(Cl)c(Cl)c(Cl)n1Cl. The molecule has 2 rings (SSSR count). The van der Waals surface area contributed by atoms with Crippen molar-refractivity contribution in [2.24, 2.45) is 7.05 Å². The van der Waals surface area contributed by atoms with E-state index in [1.54, 1.807) is 11.6 Å². The van der Waals surface area contributed by atoms with Gasteiger partial charge in [-0.2, -0.15) is 0 Å². The molecule has 0 atom stereocenters. The molecule has 0 aliphatic rings. The maximum Gasteiger partial charge on any atom is 0.144 e. The quantitative estimate of drug-likeness (QED) is 0.535. The fourth-order valence-corrected chi connectivity index (χ4v) is 3.26.